The number of rotatable bonds is 10. The van der Waals surface area contributed by atoms with Gasteiger partial charge < -0.3 is 24.8 Å². The number of hydrogen-bond acceptors (Lipinski definition) is 0. The molecule has 3 heterocycles. The third kappa shape index (κ3) is 4.77. The number of halogens is 2. The van der Waals surface area contributed by atoms with Crippen molar-refractivity contribution >= 4 is 28.3 Å². The van der Waals surface area contributed by atoms with Gasteiger partial charge in [-0.2, -0.15) is 0 Å². The Kier molecular flexibility index (Phi) is 9.19. The first kappa shape index (κ1) is 30.3. The van der Waals surface area contributed by atoms with Crippen LogP contribution < -0.4 is 24.8 Å². The molecule has 2 atom stereocenters. The molecule has 208 valence electrons. The molecule has 0 aromatic heterocycles. The molecule has 2 unspecified atom stereocenters. The minimum Gasteiger partial charge on any atom is -1.00 e. The molecular formula is C34H46Cl2Si2Zr. The maximum atomic E-state index is 2.85. The molecule has 0 radical (unpaired) electrons. The zero-order chi connectivity index (χ0) is 25.1. The summed E-state index contributed by atoms with van der Waals surface area (Å²) in [6, 6.07) is 29.1. The molecule has 0 bridgehead atoms. The maximum absolute atomic E-state index is 2.85. The average Bonchev–Trinajstić information content (AvgIpc) is 3.45. The molecule has 2 aromatic rings. The Balaban J connectivity index is 0.00000154. The Morgan fingerprint density at radius 2 is 1.05 bits per heavy atom. The third-order valence-electron chi connectivity index (χ3n) is 11.7. The molecule has 0 N–H and O–H groups in total. The first-order chi connectivity index (χ1) is 18.2. The summed E-state index contributed by atoms with van der Waals surface area (Å²) in [7, 11) is -2.52. The Labute approximate surface area is 256 Å². The second-order valence-electron chi connectivity index (χ2n) is 13.5. The summed E-state index contributed by atoms with van der Waals surface area (Å²) in [5.74, 6) is 0. The number of benzene rings is 2. The van der Waals surface area contributed by atoms with Crippen LogP contribution in [0, 0.1) is 0 Å². The van der Waals surface area contributed by atoms with Crippen molar-refractivity contribution in [3.63, 3.8) is 0 Å². The summed E-state index contributed by atoms with van der Waals surface area (Å²) in [5.41, 5.74) is 8.63. The molecule has 5 heteroatoms. The average molecular weight is 673 g/mol. The second kappa shape index (κ2) is 11.8. The van der Waals surface area contributed by atoms with Gasteiger partial charge in [0.15, 0.2) is 0 Å². The van der Waals surface area contributed by atoms with Gasteiger partial charge in [0.05, 0.1) is 0 Å². The van der Waals surface area contributed by atoms with Crippen LogP contribution in [0.25, 0.3) is 12.2 Å². The minimum absolute atomic E-state index is 0. The van der Waals surface area contributed by atoms with Crippen molar-refractivity contribution in [2.45, 2.75) is 108 Å². The topological polar surface area (TPSA) is 0 Å². The summed E-state index contributed by atoms with van der Waals surface area (Å²) in [5, 5.41) is 0. The molecule has 7 rings (SSSR count). The van der Waals surface area contributed by atoms with E-state index in [0.29, 0.717) is 0 Å². The maximum Gasteiger partial charge on any atom is -1.00 e. The normalized spacial score (nSPS) is 25.2. The van der Waals surface area contributed by atoms with E-state index in [0.717, 1.165) is 11.1 Å². The molecule has 0 saturated carbocycles. The van der Waals surface area contributed by atoms with Gasteiger partial charge in [0.1, 0.15) is 0 Å². The van der Waals surface area contributed by atoms with Crippen molar-refractivity contribution in [1.29, 1.82) is 0 Å². The predicted octanol–water partition coefficient (Wildman–Crippen LogP) is 4.66. The number of hydrogen-bond donors (Lipinski definition) is 0. The van der Waals surface area contributed by atoms with Crippen molar-refractivity contribution in [2.24, 2.45) is 0 Å². The SMILES string of the molecule is CCCC[Si]1(C2[C]([Zr+2]3([C]4=Cc5ccccc5C4[Si]4(CCCC)CCC4)[CH2][CH2]3)=Cc3ccccc32)CCC1.[Cl-].[Cl-]. The molecule has 3 fully saturated rings. The van der Waals surface area contributed by atoms with Gasteiger partial charge in [-0.05, 0) is 0 Å². The third-order valence-corrected chi connectivity index (χ3v) is 36.2. The van der Waals surface area contributed by atoms with Crippen LogP contribution in [-0.2, 0) is 20.3 Å². The van der Waals surface area contributed by atoms with E-state index in [1.54, 1.807) is 66.8 Å². The summed E-state index contributed by atoms with van der Waals surface area (Å²) in [6.07, 6.45) is 14.5. The quantitative estimate of drug-likeness (QED) is 0.323. The van der Waals surface area contributed by atoms with Gasteiger partial charge >= 0.3 is 234 Å². The summed E-state index contributed by atoms with van der Waals surface area (Å²) < 4.78 is 7.50. The molecule has 39 heavy (non-hydrogen) atoms. The van der Waals surface area contributed by atoms with Crippen LogP contribution in [0.3, 0.4) is 0 Å². The Morgan fingerprint density at radius 1 is 0.641 bits per heavy atom. The Hall–Kier alpha value is -0.183. The van der Waals surface area contributed by atoms with E-state index >= 15 is 0 Å². The van der Waals surface area contributed by atoms with Crippen LogP contribution in [0.2, 0.25) is 44.5 Å². The fraction of sp³-hybridized carbons (Fsp3) is 0.529. The summed E-state index contributed by atoms with van der Waals surface area (Å²) in [4.78, 5) is 0. The van der Waals surface area contributed by atoms with E-state index in [1.807, 2.05) is 0 Å². The van der Waals surface area contributed by atoms with Crippen molar-refractivity contribution in [2.75, 3.05) is 0 Å². The molecule has 5 aliphatic rings. The molecular weight excluding hydrogens is 627 g/mol. The predicted molar refractivity (Wildman–Crippen MR) is 163 cm³/mol. The number of allylic oxidation sites excluding steroid dienone is 2. The monoisotopic (exact) mass is 670 g/mol. The van der Waals surface area contributed by atoms with Crippen LogP contribution in [-0.4, -0.2) is 16.1 Å². The fourth-order valence-corrected chi connectivity index (χ4v) is 41.3. The van der Waals surface area contributed by atoms with E-state index in [4.69, 9.17) is 0 Å². The van der Waals surface area contributed by atoms with Gasteiger partial charge in [0.2, 0.25) is 0 Å². The first-order valence-corrected chi connectivity index (χ1v) is 27.1. The molecule has 0 spiro atoms. The van der Waals surface area contributed by atoms with Crippen LogP contribution >= 0.6 is 0 Å². The van der Waals surface area contributed by atoms with Gasteiger partial charge in [-0.15, -0.1) is 0 Å². The van der Waals surface area contributed by atoms with Crippen molar-refractivity contribution in [3.8, 4) is 0 Å². The van der Waals surface area contributed by atoms with Gasteiger partial charge in [0.25, 0.3) is 0 Å². The van der Waals surface area contributed by atoms with Crippen LogP contribution in [0.15, 0.2) is 55.1 Å². The molecule has 2 aromatic carbocycles. The molecule has 2 aliphatic carbocycles. The molecule has 3 saturated heterocycles. The van der Waals surface area contributed by atoms with Crippen LogP contribution in [0.5, 0.6) is 0 Å². The minimum atomic E-state index is -2.58. The molecule has 3 aliphatic heterocycles. The van der Waals surface area contributed by atoms with E-state index in [1.165, 1.54) is 38.5 Å². The van der Waals surface area contributed by atoms with Crippen molar-refractivity contribution in [3.05, 3.63) is 77.3 Å². The van der Waals surface area contributed by atoms with E-state index in [-0.39, 0.29) is 24.8 Å². The Bertz CT molecular complexity index is 1160. The molecule has 0 amide bonds. The number of unbranched alkanes of at least 4 members (excludes halogenated alkanes) is 2. The summed E-state index contributed by atoms with van der Waals surface area (Å²) >= 11 is -2.58. The number of fused-ring (bicyclic) bond motifs is 2. The van der Waals surface area contributed by atoms with Crippen LogP contribution in [0.4, 0.5) is 0 Å². The smallest absolute Gasteiger partial charge is 1.00 e. The standard InChI is InChI=1S/2C16H21Si.C2H4.2ClH.Zr/c2*1-2-3-11-17(12-6-13-17)16-10-9-14-7-4-5-8-15(14)16;1-2;;;/h2*4-5,7-9,16H,2-3,6,11-13H2,1H3;1-2H2;2*1H;/q;;;;;+2/p-2. The second-order valence-corrected chi connectivity index (χ2v) is 33.8. The largest absolute Gasteiger partial charge is 1.00 e. The van der Waals surface area contributed by atoms with Gasteiger partial charge in [-0.1, -0.05) is 0 Å². The van der Waals surface area contributed by atoms with Gasteiger partial charge in [-0.25, -0.2) is 0 Å². The van der Waals surface area contributed by atoms with Crippen molar-refractivity contribution in [1.82, 2.24) is 0 Å². The van der Waals surface area contributed by atoms with E-state index < -0.39 is 36.4 Å². The van der Waals surface area contributed by atoms with Crippen molar-refractivity contribution < 1.29 is 45.1 Å². The van der Waals surface area contributed by atoms with Gasteiger partial charge in [0, 0.05) is 0 Å². The van der Waals surface area contributed by atoms with Crippen LogP contribution in [0.1, 0.15) is 85.7 Å². The zero-order valence-corrected chi connectivity index (χ0v) is 30.1. The summed E-state index contributed by atoms with van der Waals surface area (Å²) in [6.45, 7) is 4.84. The van der Waals surface area contributed by atoms with E-state index in [2.05, 4.69) is 81.1 Å². The van der Waals surface area contributed by atoms with Gasteiger partial charge in [-0.3, -0.25) is 0 Å². The zero-order valence-electron chi connectivity index (χ0n) is 24.1. The first-order valence-electron chi connectivity index (χ1n) is 15.8. The molecule has 0 nitrogen and oxygen atoms in total. The fourth-order valence-electron chi connectivity index (χ4n) is 9.35. The Morgan fingerprint density at radius 3 is 1.38 bits per heavy atom. The van der Waals surface area contributed by atoms with E-state index in [9.17, 15) is 0 Å².